The topological polar surface area (TPSA) is 71.5 Å². The van der Waals surface area contributed by atoms with E-state index in [1.54, 1.807) is 24.3 Å². The average Bonchev–Trinajstić information content (AvgIpc) is 2.58. The van der Waals surface area contributed by atoms with Gasteiger partial charge in [-0.15, -0.1) is 0 Å². The van der Waals surface area contributed by atoms with Crippen molar-refractivity contribution in [3.8, 4) is 5.88 Å². The number of nitrogens with one attached hydrogen (secondary N) is 1. The van der Waals surface area contributed by atoms with Gasteiger partial charge in [-0.3, -0.25) is 4.79 Å². The van der Waals surface area contributed by atoms with Crippen molar-refractivity contribution in [3.63, 3.8) is 0 Å². The molecule has 8 heteroatoms. The molecule has 2 aromatic rings. The second kappa shape index (κ2) is 7.78. The minimum atomic E-state index is -4.45. The number of aromatic nitrogens is 1. The molecular formula is C16H15F3N2O3. The quantitative estimate of drug-likeness (QED) is 0.847. The number of hydrogen-bond acceptors (Lipinski definition) is 4. The predicted octanol–water partition coefficient (Wildman–Crippen LogP) is 2.45. The van der Waals surface area contributed by atoms with Gasteiger partial charge in [-0.1, -0.05) is 24.3 Å². The van der Waals surface area contributed by atoms with Gasteiger partial charge in [0, 0.05) is 18.8 Å². The molecule has 0 saturated heterocycles. The molecular weight excluding hydrogens is 325 g/mol. The fourth-order valence-corrected chi connectivity index (χ4v) is 1.92. The van der Waals surface area contributed by atoms with Gasteiger partial charge in [0.15, 0.2) is 6.61 Å². The molecule has 2 N–H and O–H groups in total. The molecule has 0 aliphatic carbocycles. The zero-order valence-electron chi connectivity index (χ0n) is 12.5. The Kier molecular flexibility index (Phi) is 5.75. The van der Waals surface area contributed by atoms with Gasteiger partial charge >= 0.3 is 6.18 Å². The van der Waals surface area contributed by atoms with Crippen LogP contribution in [0.4, 0.5) is 13.2 Å². The number of rotatable bonds is 6. The molecule has 128 valence electrons. The van der Waals surface area contributed by atoms with Crippen LogP contribution in [0.3, 0.4) is 0 Å². The maximum absolute atomic E-state index is 12.0. The molecule has 0 bridgehead atoms. The normalized spacial score (nSPS) is 11.2. The molecule has 0 aliphatic rings. The van der Waals surface area contributed by atoms with Crippen LogP contribution in [-0.4, -0.2) is 28.8 Å². The summed E-state index contributed by atoms with van der Waals surface area (Å²) in [5.74, 6) is -0.646. The number of aliphatic hydroxyl groups is 1. The van der Waals surface area contributed by atoms with Crippen LogP contribution < -0.4 is 10.1 Å². The van der Waals surface area contributed by atoms with E-state index < -0.39 is 18.7 Å². The molecule has 5 nitrogen and oxygen atoms in total. The van der Waals surface area contributed by atoms with Crippen molar-refractivity contribution in [1.82, 2.24) is 10.3 Å². The maximum Gasteiger partial charge on any atom is 0.422 e. The molecule has 1 aromatic carbocycles. The smallest absolute Gasteiger partial charge is 0.422 e. The first-order chi connectivity index (χ1) is 11.4. The third kappa shape index (κ3) is 5.24. The summed E-state index contributed by atoms with van der Waals surface area (Å²) in [5, 5.41) is 11.9. The number of amides is 1. The van der Waals surface area contributed by atoms with Crippen molar-refractivity contribution in [3.05, 3.63) is 59.3 Å². The minimum absolute atomic E-state index is 0.140. The summed E-state index contributed by atoms with van der Waals surface area (Å²) in [7, 11) is 0. The SMILES string of the molecule is O=C(NCc1ccccc1CO)c1ccc(OCC(F)(F)F)nc1. The van der Waals surface area contributed by atoms with E-state index in [-0.39, 0.29) is 24.6 Å². The molecule has 0 saturated carbocycles. The number of aliphatic hydroxyl groups excluding tert-OH is 1. The van der Waals surface area contributed by atoms with Crippen molar-refractivity contribution in [2.75, 3.05) is 6.61 Å². The maximum atomic E-state index is 12.0. The molecule has 1 aromatic heterocycles. The zero-order chi connectivity index (χ0) is 17.6. The molecule has 0 aliphatic heterocycles. The van der Waals surface area contributed by atoms with Crippen molar-refractivity contribution in [2.45, 2.75) is 19.3 Å². The van der Waals surface area contributed by atoms with Crippen molar-refractivity contribution >= 4 is 5.91 Å². The summed E-state index contributed by atoms with van der Waals surface area (Å²) >= 11 is 0. The number of halogens is 3. The van der Waals surface area contributed by atoms with Gasteiger partial charge in [0.25, 0.3) is 5.91 Å². The number of nitrogens with zero attached hydrogens (tertiary/aromatic N) is 1. The summed E-state index contributed by atoms with van der Waals surface area (Å²) in [6.07, 6.45) is -3.31. The van der Waals surface area contributed by atoms with Crippen molar-refractivity contribution in [1.29, 1.82) is 0 Å². The second-order valence-corrected chi connectivity index (χ2v) is 4.90. The molecule has 0 unspecified atom stereocenters. The molecule has 0 spiro atoms. The third-order valence-electron chi connectivity index (χ3n) is 3.11. The minimum Gasteiger partial charge on any atom is -0.468 e. The van der Waals surface area contributed by atoms with Gasteiger partial charge in [-0.05, 0) is 17.2 Å². The number of alkyl halides is 3. The van der Waals surface area contributed by atoms with Crippen molar-refractivity contribution < 1.29 is 27.8 Å². The first kappa shape index (κ1) is 17.7. The number of carbonyl (C=O) groups excluding carboxylic acids is 1. The number of pyridine rings is 1. The van der Waals surface area contributed by atoms with Crippen LogP contribution >= 0.6 is 0 Å². The predicted molar refractivity (Wildman–Crippen MR) is 79.3 cm³/mol. The number of hydrogen-bond donors (Lipinski definition) is 2. The number of carbonyl (C=O) groups is 1. The summed E-state index contributed by atoms with van der Waals surface area (Å²) in [6.45, 7) is -1.37. The van der Waals surface area contributed by atoms with E-state index in [2.05, 4.69) is 15.0 Å². The van der Waals surface area contributed by atoms with Crippen LogP contribution in [0.25, 0.3) is 0 Å². The standard InChI is InChI=1S/C16H15F3N2O3/c17-16(18,19)10-24-14-6-5-12(8-20-14)15(23)21-7-11-3-1-2-4-13(11)9-22/h1-6,8,22H,7,9-10H2,(H,21,23). The van der Waals surface area contributed by atoms with E-state index in [1.165, 1.54) is 12.1 Å². The lowest BCUT2D eigenvalue weighted by Crippen LogP contribution is -2.23. The van der Waals surface area contributed by atoms with E-state index in [9.17, 15) is 23.1 Å². The summed E-state index contributed by atoms with van der Waals surface area (Å²) in [4.78, 5) is 15.7. The Balaban J connectivity index is 1.93. The Bertz CT molecular complexity index is 688. The monoisotopic (exact) mass is 340 g/mol. The lowest BCUT2D eigenvalue weighted by molar-refractivity contribution is -0.154. The highest BCUT2D eigenvalue weighted by Gasteiger charge is 2.28. The van der Waals surface area contributed by atoms with Gasteiger partial charge in [0.05, 0.1) is 12.2 Å². The van der Waals surface area contributed by atoms with Crippen LogP contribution in [0.15, 0.2) is 42.6 Å². The number of benzene rings is 1. The van der Waals surface area contributed by atoms with E-state index in [0.717, 1.165) is 11.8 Å². The van der Waals surface area contributed by atoms with Gasteiger partial charge in [0.1, 0.15) is 0 Å². The second-order valence-electron chi connectivity index (χ2n) is 4.90. The van der Waals surface area contributed by atoms with Crippen LogP contribution in [0.1, 0.15) is 21.5 Å². The third-order valence-corrected chi connectivity index (χ3v) is 3.11. The molecule has 24 heavy (non-hydrogen) atoms. The fourth-order valence-electron chi connectivity index (χ4n) is 1.92. The molecule has 0 fully saturated rings. The van der Waals surface area contributed by atoms with E-state index in [4.69, 9.17) is 0 Å². The zero-order valence-corrected chi connectivity index (χ0v) is 12.5. The Morgan fingerprint density at radius 1 is 1.17 bits per heavy atom. The van der Waals surface area contributed by atoms with Crippen LogP contribution in [-0.2, 0) is 13.2 Å². The Morgan fingerprint density at radius 3 is 2.46 bits per heavy atom. The highest BCUT2D eigenvalue weighted by molar-refractivity contribution is 5.93. The van der Waals surface area contributed by atoms with Gasteiger partial charge in [-0.2, -0.15) is 13.2 Å². The first-order valence-electron chi connectivity index (χ1n) is 7.00. The molecule has 1 heterocycles. The summed E-state index contributed by atoms with van der Waals surface area (Å²) in [6, 6.07) is 9.61. The van der Waals surface area contributed by atoms with E-state index in [1.807, 2.05) is 0 Å². The van der Waals surface area contributed by atoms with Crippen molar-refractivity contribution in [2.24, 2.45) is 0 Å². The molecule has 2 rings (SSSR count). The summed E-state index contributed by atoms with van der Waals surface area (Å²) in [5.41, 5.74) is 1.66. The highest BCUT2D eigenvalue weighted by atomic mass is 19.4. The Morgan fingerprint density at radius 2 is 1.88 bits per heavy atom. The largest absolute Gasteiger partial charge is 0.468 e. The van der Waals surface area contributed by atoms with Gasteiger partial charge in [0.2, 0.25) is 5.88 Å². The lowest BCUT2D eigenvalue weighted by Gasteiger charge is -2.10. The van der Waals surface area contributed by atoms with Crippen LogP contribution in [0, 0.1) is 0 Å². The number of ether oxygens (including phenoxy) is 1. The van der Waals surface area contributed by atoms with E-state index >= 15 is 0 Å². The first-order valence-corrected chi connectivity index (χ1v) is 7.00. The van der Waals surface area contributed by atoms with E-state index in [0.29, 0.717) is 5.56 Å². The van der Waals surface area contributed by atoms with Crippen LogP contribution in [0.2, 0.25) is 0 Å². The lowest BCUT2D eigenvalue weighted by atomic mass is 10.1. The highest BCUT2D eigenvalue weighted by Crippen LogP contribution is 2.17. The van der Waals surface area contributed by atoms with Gasteiger partial charge < -0.3 is 15.2 Å². The van der Waals surface area contributed by atoms with Gasteiger partial charge in [-0.25, -0.2) is 4.98 Å². The molecule has 1 amide bonds. The Hall–Kier alpha value is -2.61. The average molecular weight is 340 g/mol. The molecule has 0 radical (unpaired) electrons. The fraction of sp³-hybridized carbons (Fsp3) is 0.250. The molecule has 0 atom stereocenters. The summed E-state index contributed by atoms with van der Waals surface area (Å²) < 4.78 is 40.6. The van der Waals surface area contributed by atoms with Crippen LogP contribution in [0.5, 0.6) is 5.88 Å². The Labute approximate surface area is 136 Å².